The Morgan fingerprint density at radius 1 is 1.09 bits per heavy atom. The van der Waals surface area contributed by atoms with E-state index >= 15 is 0 Å². The van der Waals surface area contributed by atoms with Crippen molar-refractivity contribution in [3.8, 4) is 11.5 Å². The van der Waals surface area contributed by atoms with Crippen molar-refractivity contribution in [2.45, 2.75) is 6.92 Å². The minimum absolute atomic E-state index is 0.341. The Labute approximate surface area is 133 Å². The maximum atomic E-state index is 12.5. The van der Waals surface area contributed by atoms with E-state index in [2.05, 4.69) is 5.32 Å². The summed E-state index contributed by atoms with van der Waals surface area (Å²) in [7, 11) is 0. The van der Waals surface area contributed by atoms with Crippen LogP contribution in [0.2, 0.25) is 0 Å². The molecule has 0 saturated carbocycles. The van der Waals surface area contributed by atoms with Crippen LogP contribution in [0, 0.1) is 6.92 Å². The fraction of sp³-hybridized carbons (Fsp3) is 0.176. The van der Waals surface area contributed by atoms with Gasteiger partial charge in [-0.15, -0.1) is 0 Å². The topological polar surface area (TPSA) is 90.7 Å². The van der Waals surface area contributed by atoms with Crippen molar-refractivity contribution in [3.63, 3.8) is 0 Å². The number of para-hydroxylation sites is 1. The van der Waals surface area contributed by atoms with Gasteiger partial charge in [0.05, 0.1) is 5.56 Å². The number of amides is 2. The van der Waals surface area contributed by atoms with Crippen molar-refractivity contribution in [2.75, 3.05) is 18.5 Å². The molecule has 0 atom stereocenters. The van der Waals surface area contributed by atoms with Gasteiger partial charge in [0, 0.05) is 11.3 Å². The number of nitrogens with one attached hydrogen (secondary N) is 1. The largest absolute Gasteiger partial charge is 0.486 e. The lowest BCUT2D eigenvalue weighted by Gasteiger charge is -2.20. The summed E-state index contributed by atoms with van der Waals surface area (Å²) < 4.78 is 11.0. The highest BCUT2D eigenvalue weighted by Gasteiger charge is 2.20. The number of fused-ring (bicyclic) bond motifs is 1. The number of nitrogens with two attached hydrogens (primary N) is 1. The molecule has 2 aromatic rings. The Balaban J connectivity index is 1.88. The molecule has 1 aliphatic rings. The summed E-state index contributed by atoms with van der Waals surface area (Å²) in [6.07, 6.45) is 0. The van der Waals surface area contributed by atoms with E-state index in [9.17, 15) is 9.59 Å². The van der Waals surface area contributed by atoms with E-state index < -0.39 is 5.91 Å². The summed E-state index contributed by atoms with van der Waals surface area (Å²) in [5.41, 5.74) is 7.32. The van der Waals surface area contributed by atoms with Crippen molar-refractivity contribution in [1.29, 1.82) is 0 Å². The number of anilines is 1. The van der Waals surface area contributed by atoms with Crippen molar-refractivity contribution in [1.82, 2.24) is 0 Å². The first-order valence-electron chi connectivity index (χ1n) is 7.16. The third-order valence-electron chi connectivity index (χ3n) is 3.57. The van der Waals surface area contributed by atoms with Gasteiger partial charge in [-0.05, 0) is 36.8 Å². The molecule has 6 nitrogen and oxygen atoms in total. The minimum atomic E-state index is -0.535. The Bertz CT molecular complexity index is 786. The van der Waals surface area contributed by atoms with Gasteiger partial charge in [-0.2, -0.15) is 0 Å². The number of carbonyl (C=O) groups excluding carboxylic acids is 2. The maximum Gasteiger partial charge on any atom is 0.259 e. The maximum absolute atomic E-state index is 12.5. The van der Waals surface area contributed by atoms with Crippen LogP contribution >= 0.6 is 0 Å². The predicted octanol–water partition coefficient (Wildman–Crippen LogP) is 2.12. The number of hydrogen-bond acceptors (Lipinski definition) is 4. The third kappa shape index (κ3) is 2.96. The molecule has 0 spiro atoms. The van der Waals surface area contributed by atoms with Crippen LogP contribution in [0.3, 0.4) is 0 Å². The molecular formula is C17H16N2O4. The fourth-order valence-electron chi connectivity index (χ4n) is 2.42. The molecule has 3 rings (SSSR count). The average Bonchev–Trinajstić information content (AvgIpc) is 2.55. The highest BCUT2D eigenvalue weighted by atomic mass is 16.6. The van der Waals surface area contributed by atoms with E-state index in [1.54, 1.807) is 43.3 Å². The molecule has 118 valence electrons. The summed E-state index contributed by atoms with van der Waals surface area (Å²) in [4.78, 5) is 23.9. The summed E-state index contributed by atoms with van der Waals surface area (Å²) in [6, 6.07) is 10.1. The van der Waals surface area contributed by atoms with Gasteiger partial charge < -0.3 is 20.5 Å². The van der Waals surface area contributed by atoms with E-state index in [0.717, 1.165) is 5.56 Å². The molecule has 1 heterocycles. The standard InChI is InChI=1S/C17H16N2O4/c1-10-5-6-11(9-13(10)16(18)20)19-17(21)12-3-2-4-14-15(12)23-8-7-22-14/h2-6,9H,7-8H2,1H3,(H2,18,20)(H,19,21). The highest BCUT2D eigenvalue weighted by Crippen LogP contribution is 2.34. The van der Waals surface area contributed by atoms with Crippen molar-refractivity contribution in [2.24, 2.45) is 5.73 Å². The zero-order valence-electron chi connectivity index (χ0n) is 12.6. The number of aryl methyl sites for hydroxylation is 1. The molecule has 6 heteroatoms. The fourth-order valence-corrected chi connectivity index (χ4v) is 2.42. The number of hydrogen-bond donors (Lipinski definition) is 2. The summed E-state index contributed by atoms with van der Waals surface area (Å²) in [6.45, 7) is 2.64. The number of carbonyl (C=O) groups is 2. The first kappa shape index (κ1) is 14.9. The molecule has 0 radical (unpaired) electrons. The second-order valence-electron chi connectivity index (χ2n) is 5.18. The molecule has 1 aliphatic heterocycles. The van der Waals surface area contributed by atoms with Gasteiger partial charge in [-0.3, -0.25) is 9.59 Å². The quantitative estimate of drug-likeness (QED) is 0.908. The van der Waals surface area contributed by atoms with Crippen LogP contribution in [0.25, 0.3) is 0 Å². The predicted molar refractivity (Wildman–Crippen MR) is 85.1 cm³/mol. The van der Waals surface area contributed by atoms with Crippen molar-refractivity contribution in [3.05, 3.63) is 53.1 Å². The van der Waals surface area contributed by atoms with Gasteiger partial charge in [0.1, 0.15) is 13.2 Å². The molecule has 23 heavy (non-hydrogen) atoms. The molecule has 2 aromatic carbocycles. The first-order valence-corrected chi connectivity index (χ1v) is 7.16. The lowest BCUT2D eigenvalue weighted by Crippen LogP contribution is -2.20. The number of primary amides is 1. The number of benzene rings is 2. The Morgan fingerprint density at radius 3 is 2.65 bits per heavy atom. The first-order chi connectivity index (χ1) is 11.1. The molecule has 0 unspecified atom stereocenters. The van der Waals surface area contributed by atoms with Gasteiger partial charge in [0.15, 0.2) is 11.5 Å². The lowest BCUT2D eigenvalue weighted by molar-refractivity contribution is 0.0993. The van der Waals surface area contributed by atoms with Crippen molar-refractivity contribution >= 4 is 17.5 Å². The molecule has 0 bridgehead atoms. The molecule has 3 N–H and O–H groups in total. The Morgan fingerprint density at radius 2 is 1.87 bits per heavy atom. The van der Waals surface area contributed by atoms with Gasteiger partial charge in [0.2, 0.25) is 5.91 Å². The van der Waals surface area contributed by atoms with E-state index in [4.69, 9.17) is 15.2 Å². The third-order valence-corrected chi connectivity index (χ3v) is 3.57. The van der Waals surface area contributed by atoms with Gasteiger partial charge >= 0.3 is 0 Å². The normalized spacial score (nSPS) is 12.6. The van der Waals surface area contributed by atoms with Gasteiger partial charge in [0.25, 0.3) is 5.91 Å². The molecule has 0 aromatic heterocycles. The number of ether oxygens (including phenoxy) is 2. The molecule has 0 aliphatic carbocycles. The Hall–Kier alpha value is -3.02. The zero-order chi connectivity index (χ0) is 16.4. The SMILES string of the molecule is Cc1ccc(NC(=O)c2cccc3c2OCCO3)cc1C(N)=O. The van der Waals surface area contributed by atoms with Crippen molar-refractivity contribution < 1.29 is 19.1 Å². The van der Waals surface area contributed by atoms with E-state index in [1.807, 2.05) is 0 Å². The van der Waals surface area contributed by atoms with Crippen LogP contribution < -0.4 is 20.5 Å². The van der Waals surface area contributed by atoms with Gasteiger partial charge in [-0.25, -0.2) is 0 Å². The smallest absolute Gasteiger partial charge is 0.259 e. The molecule has 2 amide bonds. The van der Waals surface area contributed by atoms with Crippen LogP contribution in [0.1, 0.15) is 26.3 Å². The van der Waals surface area contributed by atoms with E-state index in [1.165, 1.54) is 0 Å². The lowest BCUT2D eigenvalue weighted by atomic mass is 10.1. The average molecular weight is 312 g/mol. The number of rotatable bonds is 3. The second kappa shape index (κ2) is 6.00. The zero-order valence-corrected chi connectivity index (χ0v) is 12.6. The summed E-state index contributed by atoms with van der Waals surface area (Å²) in [5, 5.41) is 2.75. The van der Waals surface area contributed by atoms with Crippen LogP contribution in [0.5, 0.6) is 11.5 Å². The molecular weight excluding hydrogens is 296 g/mol. The molecule has 0 fully saturated rings. The Kier molecular flexibility index (Phi) is 3.89. The monoisotopic (exact) mass is 312 g/mol. The van der Waals surface area contributed by atoms with E-state index in [-0.39, 0.29) is 5.91 Å². The van der Waals surface area contributed by atoms with Crippen LogP contribution in [-0.4, -0.2) is 25.0 Å². The van der Waals surface area contributed by atoms with E-state index in [0.29, 0.717) is 41.5 Å². The van der Waals surface area contributed by atoms with Crippen LogP contribution in [0.15, 0.2) is 36.4 Å². The summed E-state index contributed by atoms with van der Waals surface area (Å²) >= 11 is 0. The van der Waals surface area contributed by atoms with Crippen LogP contribution in [-0.2, 0) is 0 Å². The van der Waals surface area contributed by atoms with Crippen LogP contribution in [0.4, 0.5) is 5.69 Å². The summed E-state index contributed by atoms with van der Waals surface area (Å²) in [5.74, 6) is 0.100. The second-order valence-corrected chi connectivity index (χ2v) is 5.18. The highest BCUT2D eigenvalue weighted by molar-refractivity contribution is 6.07. The van der Waals surface area contributed by atoms with Gasteiger partial charge in [-0.1, -0.05) is 12.1 Å². The molecule has 0 saturated heterocycles. The minimum Gasteiger partial charge on any atom is -0.486 e.